The van der Waals surface area contributed by atoms with E-state index in [1.165, 1.54) is 52.1 Å². The van der Waals surface area contributed by atoms with E-state index in [1.54, 1.807) is 0 Å². The first-order chi connectivity index (χ1) is 8.17. The van der Waals surface area contributed by atoms with Crippen molar-refractivity contribution >= 4 is 0 Å². The molecule has 0 radical (unpaired) electrons. The highest BCUT2D eigenvalue weighted by molar-refractivity contribution is 4.82. The Hall–Kier alpha value is -0.120. The summed E-state index contributed by atoms with van der Waals surface area (Å²) in [5, 5.41) is 3.70. The van der Waals surface area contributed by atoms with Crippen molar-refractivity contribution in [3.8, 4) is 0 Å². The second-order valence-electron chi connectivity index (χ2n) is 5.41. The van der Waals surface area contributed by atoms with Gasteiger partial charge in [-0.25, -0.2) is 0 Å². The van der Waals surface area contributed by atoms with Crippen molar-refractivity contribution in [2.24, 2.45) is 0 Å². The van der Waals surface area contributed by atoms with Gasteiger partial charge in [0.15, 0.2) is 0 Å². The minimum Gasteiger partial charge on any atom is -0.313 e. The van der Waals surface area contributed by atoms with E-state index >= 15 is 0 Å². The minimum absolute atomic E-state index is 0.706. The van der Waals surface area contributed by atoms with Crippen LogP contribution in [0.4, 0.5) is 0 Å². The molecule has 0 spiro atoms. The second-order valence-corrected chi connectivity index (χ2v) is 5.41. The third kappa shape index (κ3) is 5.36. The molecular formula is C14H31N3. The Kier molecular flexibility index (Phi) is 7.09. The van der Waals surface area contributed by atoms with E-state index < -0.39 is 0 Å². The van der Waals surface area contributed by atoms with Gasteiger partial charge >= 0.3 is 0 Å². The average Bonchev–Trinajstić information content (AvgIpc) is 2.78. The zero-order valence-corrected chi connectivity index (χ0v) is 12.2. The Morgan fingerprint density at radius 2 is 2.00 bits per heavy atom. The molecule has 3 nitrogen and oxygen atoms in total. The van der Waals surface area contributed by atoms with Gasteiger partial charge in [-0.05, 0) is 59.4 Å². The van der Waals surface area contributed by atoms with E-state index in [2.05, 4.69) is 42.8 Å². The molecule has 0 aromatic rings. The maximum Gasteiger partial charge on any atom is 0.0207 e. The van der Waals surface area contributed by atoms with Crippen LogP contribution in [0.3, 0.4) is 0 Å². The summed E-state index contributed by atoms with van der Waals surface area (Å²) in [6.07, 6.45) is 2.60. The normalized spacial score (nSPS) is 21.9. The molecule has 0 aliphatic carbocycles. The Morgan fingerprint density at radius 1 is 1.29 bits per heavy atom. The molecule has 1 saturated heterocycles. The molecule has 1 unspecified atom stereocenters. The molecule has 1 fully saturated rings. The molecule has 17 heavy (non-hydrogen) atoms. The molecule has 0 bridgehead atoms. The van der Waals surface area contributed by atoms with Crippen molar-refractivity contribution in [1.82, 2.24) is 15.1 Å². The maximum atomic E-state index is 3.70. The van der Waals surface area contributed by atoms with Crippen LogP contribution in [0.25, 0.3) is 0 Å². The summed E-state index contributed by atoms with van der Waals surface area (Å²) in [5.41, 5.74) is 0. The predicted octanol–water partition coefficient (Wildman–Crippen LogP) is 1.79. The van der Waals surface area contributed by atoms with E-state index in [9.17, 15) is 0 Å². The van der Waals surface area contributed by atoms with Crippen LogP contribution in [-0.4, -0.2) is 61.2 Å². The standard InChI is InChI=1S/C14H31N3/c1-5-16(6-2)10-7-9-15-14-8-11-17(12-14)13(3)4/h13-15H,5-12H2,1-4H3. The Balaban J connectivity index is 2.04. The molecule has 0 amide bonds. The molecule has 1 aliphatic heterocycles. The molecule has 3 heteroatoms. The van der Waals surface area contributed by atoms with E-state index in [0.717, 1.165) is 6.04 Å². The van der Waals surface area contributed by atoms with E-state index in [1.807, 2.05) is 0 Å². The summed E-state index contributed by atoms with van der Waals surface area (Å²) in [6.45, 7) is 16.4. The van der Waals surface area contributed by atoms with Gasteiger partial charge in [-0.2, -0.15) is 0 Å². The first kappa shape index (κ1) is 14.9. The third-order valence-electron chi connectivity index (χ3n) is 3.93. The molecule has 1 heterocycles. The molecule has 0 aromatic heterocycles. The van der Waals surface area contributed by atoms with Gasteiger partial charge in [0.05, 0.1) is 0 Å². The smallest absolute Gasteiger partial charge is 0.0207 e. The molecule has 1 rings (SSSR count). The lowest BCUT2D eigenvalue weighted by molar-refractivity contribution is 0.266. The van der Waals surface area contributed by atoms with Gasteiger partial charge in [-0.15, -0.1) is 0 Å². The van der Waals surface area contributed by atoms with E-state index in [0.29, 0.717) is 6.04 Å². The fourth-order valence-electron chi connectivity index (χ4n) is 2.57. The molecule has 1 atom stereocenters. The SMILES string of the molecule is CCN(CC)CCCNC1CCN(C(C)C)C1. The van der Waals surface area contributed by atoms with Crippen molar-refractivity contribution in [2.75, 3.05) is 39.3 Å². The monoisotopic (exact) mass is 241 g/mol. The number of nitrogens with zero attached hydrogens (tertiary/aromatic N) is 2. The van der Waals surface area contributed by atoms with Crippen molar-refractivity contribution in [3.63, 3.8) is 0 Å². The molecule has 102 valence electrons. The van der Waals surface area contributed by atoms with E-state index in [-0.39, 0.29) is 0 Å². The molecular weight excluding hydrogens is 210 g/mol. The Bertz CT molecular complexity index is 190. The largest absolute Gasteiger partial charge is 0.313 e. The van der Waals surface area contributed by atoms with Gasteiger partial charge in [-0.1, -0.05) is 13.8 Å². The minimum atomic E-state index is 0.706. The number of nitrogens with one attached hydrogen (secondary N) is 1. The highest BCUT2D eigenvalue weighted by atomic mass is 15.2. The zero-order chi connectivity index (χ0) is 12.7. The van der Waals surface area contributed by atoms with Crippen LogP contribution < -0.4 is 5.32 Å². The third-order valence-corrected chi connectivity index (χ3v) is 3.93. The summed E-state index contributed by atoms with van der Waals surface area (Å²) in [6, 6.07) is 1.44. The fourth-order valence-corrected chi connectivity index (χ4v) is 2.57. The van der Waals surface area contributed by atoms with Gasteiger partial charge in [0.2, 0.25) is 0 Å². The summed E-state index contributed by atoms with van der Waals surface area (Å²) in [4.78, 5) is 5.07. The van der Waals surface area contributed by atoms with E-state index in [4.69, 9.17) is 0 Å². The van der Waals surface area contributed by atoms with Gasteiger partial charge in [-0.3, -0.25) is 4.90 Å². The van der Waals surface area contributed by atoms with Crippen LogP contribution in [0.2, 0.25) is 0 Å². The summed E-state index contributed by atoms with van der Waals surface area (Å²) >= 11 is 0. The number of hydrogen-bond acceptors (Lipinski definition) is 3. The van der Waals surface area contributed by atoms with Gasteiger partial charge in [0.25, 0.3) is 0 Å². The van der Waals surface area contributed by atoms with Crippen LogP contribution >= 0.6 is 0 Å². The molecule has 0 aromatic carbocycles. The molecule has 1 N–H and O–H groups in total. The average molecular weight is 241 g/mol. The maximum absolute atomic E-state index is 3.70. The number of rotatable bonds is 8. The topological polar surface area (TPSA) is 18.5 Å². The lowest BCUT2D eigenvalue weighted by atomic mass is 10.2. The first-order valence-electron chi connectivity index (χ1n) is 7.37. The van der Waals surface area contributed by atoms with Crippen molar-refractivity contribution in [3.05, 3.63) is 0 Å². The van der Waals surface area contributed by atoms with Crippen LogP contribution in [0.1, 0.15) is 40.5 Å². The van der Waals surface area contributed by atoms with Gasteiger partial charge in [0, 0.05) is 18.6 Å². The Morgan fingerprint density at radius 3 is 2.53 bits per heavy atom. The molecule has 0 saturated carbocycles. The predicted molar refractivity (Wildman–Crippen MR) is 75.5 cm³/mol. The highest BCUT2D eigenvalue weighted by Crippen LogP contribution is 2.12. The number of likely N-dealkylation sites (tertiary alicyclic amines) is 1. The molecule has 1 aliphatic rings. The summed E-state index contributed by atoms with van der Waals surface area (Å²) in [5.74, 6) is 0. The van der Waals surface area contributed by atoms with Crippen LogP contribution in [0.5, 0.6) is 0 Å². The second kappa shape index (κ2) is 8.06. The number of hydrogen-bond donors (Lipinski definition) is 1. The van der Waals surface area contributed by atoms with Crippen molar-refractivity contribution in [1.29, 1.82) is 0 Å². The summed E-state index contributed by atoms with van der Waals surface area (Å²) in [7, 11) is 0. The Labute approximate surface area is 108 Å². The van der Waals surface area contributed by atoms with Crippen molar-refractivity contribution in [2.45, 2.75) is 52.6 Å². The lowest BCUT2D eigenvalue weighted by Crippen LogP contribution is -2.36. The first-order valence-corrected chi connectivity index (χ1v) is 7.37. The highest BCUT2D eigenvalue weighted by Gasteiger charge is 2.23. The van der Waals surface area contributed by atoms with Crippen LogP contribution in [0.15, 0.2) is 0 Å². The van der Waals surface area contributed by atoms with Crippen molar-refractivity contribution < 1.29 is 0 Å². The van der Waals surface area contributed by atoms with Crippen LogP contribution in [0, 0.1) is 0 Å². The van der Waals surface area contributed by atoms with Gasteiger partial charge in [0.1, 0.15) is 0 Å². The summed E-state index contributed by atoms with van der Waals surface area (Å²) < 4.78 is 0. The fraction of sp³-hybridized carbons (Fsp3) is 1.00. The van der Waals surface area contributed by atoms with Crippen LogP contribution in [-0.2, 0) is 0 Å². The lowest BCUT2D eigenvalue weighted by Gasteiger charge is -2.21. The van der Waals surface area contributed by atoms with Gasteiger partial charge < -0.3 is 10.2 Å². The zero-order valence-electron chi connectivity index (χ0n) is 12.2. The quantitative estimate of drug-likeness (QED) is 0.654.